The second-order valence-corrected chi connectivity index (χ2v) is 5.13. The van der Waals surface area contributed by atoms with E-state index in [0.717, 1.165) is 24.2 Å². The Bertz CT molecular complexity index is 575. The topological polar surface area (TPSA) is 64.9 Å². The SMILES string of the molecule is CC1(c2noc(-c3ccc(N)c(Cl)c3)n2)CC1. The van der Waals surface area contributed by atoms with E-state index in [2.05, 4.69) is 17.1 Å². The van der Waals surface area contributed by atoms with Gasteiger partial charge in [-0.1, -0.05) is 23.7 Å². The van der Waals surface area contributed by atoms with Gasteiger partial charge in [0.1, 0.15) is 0 Å². The second-order valence-electron chi connectivity index (χ2n) is 4.72. The molecule has 0 spiro atoms. The molecule has 5 heteroatoms. The first-order valence-electron chi connectivity index (χ1n) is 5.48. The van der Waals surface area contributed by atoms with E-state index in [4.69, 9.17) is 21.9 Å². The highest BCUT2D eigenvalue weighted by molar-refractivity contribution is 6.33. The lowest BCUT2D eigenvalue weighted by molar-refractivity contribution is 0.416. The Labute approximate surface area is 104 Å². The van der Waals surface area contributed by atoms with Gasteiger partial charge < -0.3 is 10.3 Å². The molecule has 17 heavy (non-hydrogen) atoms. The van der Waals surface area contributed by atoms with Crippen LogP contribution in [0.3, 0.4) is 0 Å². The lowest BCUT2D eigenvalue weighted by Crippen LogP contribution is -2.01. The number of nitrogens with zero attached hydrogens (tertiary/aromatic N) is 2. The average molecular weight is 250 g/mol. The van der Waals surface area contributed by atoms with Gasteiger partial charge in [0.15, 0.2) is 5.82 Å². The zero-order valence-corrected chi connectivity index (χ0v) is 10.2. The van der Waals surface area contributed by atoms with Crippen molar-refractivity contribution in [3.63, 3.8) is 0 Å². The quantitative estimate of drug-likeness (QED) is 0.831. The Morgan fingerprint density at radius 2 is 2.18 bits per heavy atom. The summed E-state index contributed by atoms with van der Waals surface area (Å²) in [7, 11) is 0. The Hall–Kier alpha value is -1.55. The van der Waals surface area contributed by atoms with E-state index in [0.29, 0.717) is 16.6 Å². The van der Waals surface area contributed by atoms with Crippen molar-refractivity contribution in [1.82, 2.24) is 10.1 Å². The maximum absolute atomic E-state index is 5.96. The van der Waals surface area contributed by atoms with Gasteiger partial charge in [-0.15, -0.1) is 0 Å². The number of halogens is 1. The van der Waals surface area contributed by atoms with Crippen molar-refractivity contribution in [2.45, 2.75) is 25.2 Å². The van der Waals surface area contributed by atoms with E-state index in [9.17, 15) is 0 Å². The van der Waals surface area contributed by atoms with E-state index in [1.165, 1.54) is 0 Å². The van der Waals surface area contributed by atoms with E-state index < -0.39 is 0 Å². The lowest BCUT2D eigenvalue weighted by Gasteiger charge is -1.99. The van der Waals surface area contributed by atoms with Crippen LogP contribution in [-0.2, 0) is 5.41 Å². The maximum atomic E-state index is 5.96. The highest BCUT2D eigenvalue weighted by atomic mass is 35.5. The van der Waals surface area contributed by atoms with Crippen molar-refractivity contribution < 1.29 is 4.52 Å². The second kappa shape index (κ2) is 3.47. The number of nitrogens with two attached hydrogens (primary N) is 1. The third-order valence-electron chi connectivity index (χ3n) is 3.21. The zero-order valence-electron chi connectivity index (χ0n) is 9.40. The third-order valence-corrected chi connectivity index (χ3v) is 3.54. The van der Waals surface area contributed by atoms with Crippen molar-refractivity contribution >= 4 is 17.3 Å². The van der Waals surface area contributed by atoms with Gasteiger partial charge in [0.25, 0.3) is 5.89 Å². The van der Waals surface area contributed by atoms with Crippen LogP contribution in [0.25, 0.3) is 11.5 Å². The summed E-state index contributed by atoms with van der Waals surface area (Å²) in [4.78, 5) is 4.41. The largest absolute Gasteiger partial charge is 0.398 e. The number of hydrogen-bond acceptors (Lipinski definition) is 4. The molecule has 0 amide bonds. The van der Waals surface area contributed by atoms with Crippen LogP contribution in [0.1, 0.15) is 25.6 Å². The standard InChI is InChI=1S/C12H12ClN3O/c1-12(4-5-12)11-15-10(17-16-11)7-2-3-9(14)8(13)6-7/h2-3,6H,4-5,14H2,1H3. The van der Waals surface area contributed by atoms with Crippen molar-refractivity contribution in [2.24, 2.45) is 0 Å². The van der Waals surface area contributed by atoms with Crippen LogP contribution in [-0.4, -0.2) is 10.1 Å². The lowest BCUT2D eigenvalue weighted by atomic mass is 10.1. The molecule has 0 aliphatic heterocycles. The number of nitrogen functional groups attached to an aromatic ring is 1. The molecule has 0 bridgehead atoms. The first-order valence-corrected chi connectivity index (χ1v) is 5.86. The first-order chi connectivity index (χ1) is 8.08. The zero-order chi connectivity index (χ0) is 12.0. The molecule has 0 atom stereocenters. The van der Waals surface area contributed by atoms with Crippen LogP contribution < -0.4 is 5.73 Å². The summed E-state index contributed by atoms with van der Waals surface area (Å²) in [6, 6.07) is 5.30. The van der Waals surface area contributed by atoms with E-state index in [1.807, 2.05) is 6.07 Å². The van der Waals surface area contributed by atoms with Crippen LogP contribution in [0.2, 0.25) is 5.02 Å². The molecule has 1 aliphatic rings. The molecule has 2 N–H and O–H groups in total. The minimum Gasteiger partial charge on any atom is -0.398 e. The fourth-order valence-electron chi connectivity index (χ4n) is 1.66. The van der Waals surface area contributed by atoms with Crippen molar-refractivity contribution in [1.29, 1.82) is 0 Å². The molecule has 0 unspecified atom stereocenters. The maximum Gasteiger partial charge on any atom is 0.257 e. The van der Waals surface area contributed by atoms with Gasteiger partial charge in [-0.3, -0.25) is 0 Å². The highest BCUT2D eigenvalue weighted by Crippen LogP contribution is 2.46. The molecule has 0 saturated heterocycles. The normalized spacial score (nSPS) is 17.1. The fraction of sp³-hybridized carbons (Fsp3) is 0.333. The minimum absolute atomic E-state index is 0.110. The van der Waals surface area contributed by atoms with Gasteiger partial charge in [-0.25, -0.2) is 0 Å². The summed E-state index contributed by atoms with van der Waals surface area (Å²) in [5, 5.41) is 4.52. The highest BCUT2D eigenvalue weighted by Gasteiger charge is 2.43. The number of benzene rings is 1. The molecule has 1 aromatic heterocycles. The molecule has 1 fully saturated rings. The van der Waals surface area contributed by atoms with Crippen molar-refractivity contribution in [3.05, 3.63) is 29.0 Å². The monoisotopic (exact) mass is 249 g/mol. The number of rotatable bonds is 2. The van der Waals surface area contributed by atoms with Gasteiger partial charge in [-0.05, 0) is 31.0 Å². The Balaban J connectivity index is 1.98. The minimum atomic E-state index is 0.110. The molecule has 1 aromatic carbocycles. The van der Waals surface area contributed by atoms with Crippen LogP contribution in [0, 0.1) is 0 Å². The molecule has 0 radical (unpaired) electrons. The molecular weight excluding hydrogens is 238 g/mol. The summed E-state index contributed by atoms with van der Waals surface area (Å²) < 4.78 is 5.25. The molecule has 1 heterocycles. The first kappa shape index (κ1) is 10.6. The molecule has 1 aliphatic carbocycles. The summed E-state index contributed by atoms with van der Waals surface area (Å²) in [5.74, 6) is 1.27. The van der Waals surface area contributed by atoms with Crippen LogP contribution in [0.4, 0.5) is 5.69 Å². The van der Waals surface area contributed by atoms with Gasteiger partial charge in [0, 0.05) is 11.0 Å². The molecule has 2 aromatic rings. The van der Waals surface area contributed by atoms with E-state index >= 15 is 0 Å². The summed E-state index contributed by atoms with van der Waals surface area (Å²) in [6.45, 7) is 2.14. The van der Waals surface area contributed by atoms with E-state index in [-0.39, 0.29) is 5.41 Å². The predicted octanol–water partition coefficient (Wildman–Crippen LogP) is 3.02. The van der Waals surface area contributed by atoms with Crippen LogP contribution in [0.5, 0.6) is 0 Å². The van der Waals surface area contributed by atoms with Crippen LogP contribution in [0.15, 0.2) is 22.7 Å². The summed E-state index contributed by atoms with van der Waals surface area (Å²) in [6.07, 6.45) is 2.24. The molecule has 88 valence electrons. The third kappa shape index (κ3) is 1.78. The Kier molecular flexibility index (Phi) is 2.16. The van der Waals surface area contributed by atoms with Gasteiger partial charge in [0.2, 0.25) is 0 Å². The van der Waals surface area contributed by atoms with Gasteiger partial charge in [-0.2, -0.15) is 4.98 Å². The van der Waals surface area contributed by atoms with Crippen molar-refractivity contribution in [3.8, 4) is 11.5 Å². The molecule has 4 nitrogen and oxygen atoms in total. The predicted molar refractivity (Wildman–Crippen MR) is 65.7 cm³/mol. The number of hydrogen-bond donors (Lipinski definition) is 1. The molecule has 1 saturated carbocycles. The molecular formula is C12H12ClN3O. The Morgan fingerprint density at radius 1 is 1.41 bits per heavy atom. The fourth-order valence-corrected chi connectivity index (χ4v) is 1.84. The van der Waals surface area contributed by atoms with Gasteiger partial charge >= 0.3 is 0 Å². The summed E-state index contributed by atoms with van der Waals surface area (Å²) >= 11 is 5.96. The van der Waals surface area contributed by atoms with Gasteiger partial charge in [0.05, 0.1) is 10.7 Å². The van der Waals surface area contributed by atoms with E-state index in [1.54, 1.807) is 12.1 Å². The molecule has 3 rings (SSSR count). The number of anilines is 1. The van der Waals surface area contributed by atoms with Crippen LogP contribution >= 0.6 is 11.6 Å². The average Bonchev–Trinajstić information content (AvgIpc) is 2.88. The number of aromatic nitrogens is 2. The van der Waals surface area contributed by atoms with Crippen molar-refractivity contribution in [2.75, 3.05) is 5.73 Å². The smallest absolute Gasteiger partial charge is 0.257 e. The Morgan fingerprint density at radius 3 is 2.82 bits per heavy atom. The summed E-state index contributed by atoms with van der Waals surface area (Å²) in [5.41, 5.74) is 7.11.